The minimum atomic E-state index is -4.96. The Morgan fingerprint density at radius 1 is 1.17 bits per heavy atom. The number of carbonyl (C=O) groups is 1. The fourth-order valence-corrected chi connectivity index (χ4v) is 3.46. The number of nitrogens with zero attached hydrogens (tertiary/aromatic N) is 1. The molecule has 1 aromatic rings. The molecule has 1 unspecified atom stereocenters. The van der Waals surface area contributed by atoms with Gasteiger partial charge >= 0.3 is 12.1 Å². The second-order valence-corrected chi connectivity index (χ2v) is 6.79. The molecule has 0 saturated carbocycles. The highest BCUT2D eigenvalue weighted by atomic mass is 32.2. The van der Waals surface area contributed by atoms with E-state index in [9.17, 15) is 26.4 Å². The Morgan fingerprint density at radius 2 is 1.65 bits per heavy atom. The molecule has 0 spiro atoms. The standard InChI is InChI=1S/C14H19F3N2O3S/c1-4-19(5-2)23(21,22)12-8-6-11(7-9-12)10(3)18-13(20)14(15,16)17/h6-10H,4-5H2,1-3H3,(H,18,20). The lowest BCUT2D eigenvalue weighted by atomic mass is 10.1. The van der Waals surface area contributed by atoms with Crippen LogP contribution in [0.2, 0.25) is 0 Å². The first-order valence-corrected chi connectivity index (χ1v) is 8.45. The molecule has 130 valence electrons. The summed E-state index contributed by atoms with van der Waals surface area (Å²) in [6.45, 7) is 5.45. The van der Waals surface area contributed by atoms with Crippen LogP contribution in [-0.4, -0.2) is 37.9 Å². The highest BCUT2D eigenvalue weighted by Crippen LogP contribution is 2.21. The first kappa shape index (κ1) is 19.4. The van der Waals surface area contributed by atoms with Crippen LogP contribution in [0.1, 0.15) is 32.4 Å². The number of hydrogen-bond acceptors (Lipinski definition) is 3. The molecule has 1 N–H and O–H groups in total. The van der Waals surface area contributed by atoms with Gasteiger partial charge in [0.05, 0.1) is 10.9 Å². The Kier molecular flexibility index (Phi) is 6.18. The molecule has 0 radical (unpaired) electrons. The third kappa shape index (κ3) is 4.68. The van der Waals surface area contributed by atoms with Crippen LogP contribution in [0.4, 0.5) is 13.2 Å². The number of benzene rings is 1. The molecule has 0 aliphatic carbocycles. The Hall–Kier alpha value is -1.61. The normalized spacial score (nSPS) is 13.9. The van der Waals surface area contributed by atoms with Crippen molar-refractivity contribution in [3.63, 3.8) is 0 Å². The highest BCUT2D eigenvalue weighted by Gasteiger charge is 2.39. The Labute approximate surface area is 133 Å². The van der Waals surface area contributed by atoms with Gasteiger partial charge in [-0.05, 0) is 24.6 Å². The van der Waals surface area contributed by atoms with Gasteiger partial charge in [0, 0.05) is 13.1 Å². The van der Waals surface area contributed by atoms with Crippen LogP contribution in [0.15, 0.2) is 29.2 Å². The topological polar surface area (TPSA) is 66.5 Å². The molecule has 9 heteroatoms. The molecule has 0 aliphatic rings. The molecular weight excluding hydrogens is 333 g/mol. The summed E-state index contributed by atoms with van der Waals surface area (Å²) in [6, 6.07) is 4.52. The van der Waals surface area contributed by atoms with Gasteiger partial charge in [-0.1, -0.05) is 26.0 Å². The fourth-order valence-electron chi connectivity index (χ4n) is 2.00. The summed E-state index contributed by atoms with van der Waals surface area (Å²) >= 11 is 0. The fraction of sp³-hybridized carbons (Fsp3) is 0.500. The molecule has 0 saturated heterocycles. The largest absolute Gasteiger partial charge is 0.471 e. The molecule has 1 atom stereocenters. The summed E-state index contributed by atoms with van der Waals surface area (Å²) in [4.78, 5) is 11.0. The molecule has 0 heterocycles. The summed E-state index contributed by atoms with van der Waals surface area (Å²) in [6.07, 6.45) is -4.96. The lowest BCUT2D eigenvalue weighted by molar-refractivity contribution is -0.174. The summed E-state index contributed by atoms with van der Waals surface area (Å²) in [5.41, 5.74) is 0.376. The second kappa shape index (κ2) is 7.31. The average molecular weight is 352 g/mol. The summed E-state index contributed by atoms with van der Waals surface area (Å²) in [5, 5.41) is 1.82. The first-order valence-electron chi connectivity index (χ1n) is 7.01. The molecule has 0 aromatic heterocycles. The van der Waals surface area contributed by atoms with Gasteiger partial charge < -0.3 is 5.32 Å². The predicted octanol–water partition coefficient (Wildman–Crippen LogP) is 2.46. The number of halogens is 3. The van der Waals surface area contributed by atoms with Gasteiger partial charge in [-0.3, -0.25) is 4.79 Å². The van der Waals surface area contributed by atoms with Gasteiger partial charge in [0.2, 0.25) is 10.0 Å². The van der Waals surface area contributed by atoms with Crippen molar-refractivity contribution >= 4 is 15.9 Å². The maximum absolute atomic E-state index is 12.3. The van der Waals surface area contributed by atoms with Crippen molar-refractivity contribution in [2.75, 3.05) is 13.1 Å². The molecular formula is C14H19F3N2O3S. The van der Waals surface area contributed by atoms with E-state index < -0.39 is 28.1 Å². The minimum Gasteiger partial charge on any atom is -0.342 e. The van der Waals surface area contributed by atoms with E-state index >= 15 is 0 Å². The monoisotopic (exact) mass is 352 g/mol. The molecule has 1 aromatic carbocycles. The van der Waals surface area contributed by atoms with Crippen molar-refractivity contribution < 1.29 is 26.4 Å². The Bertz CT molecular complexity index is 638. The van der Waals surface area contributed by atoms with Gasteiger partial charge in [0.25, 0.3) is 0 Å². The number of alkyl halides is 3. The lowest BCUT2D eigenvalue weighted by Crippen LogP contribution is -2.38. The summed E-state index contributed by atoms with van der Waals surface area (Å²) < 4.78 is 62.5. The molecule has 0 bridgehead atoms. The predicted molar refractivity (Wildman–Crippen MR) is 79.2 cm³/mol. The molecule has 23 heavy (non-hydrogen) atoms. The van der Waals surface area contributed by atoms with Gasteiger partial charge in [-0.25, -0.2) is 8.42 Å². The van der Waals surface area contributed by atoms with Crippen LogP contribution in [0.25, 0.3) is 0 Å². The second-order valence-electron chi connectivity index (χ2n) is 4.85. The maximum atomic E-state index is 12.3. The zero-order chi connectivity index (χ0) is 17.8. The smallest absolute Gasteiger partial charge is 0.342 e. The van der Waals surface area contributed by atoms with E-state index in [4.69, 9.17) is 0 Å². The van der Waals surface area contributed by atoms with Crippen LogP contribution < -0.4 is 5.32 Å². The van der Waals surface area contributed by atoms with Crippen LogP contribution in [0, 0.1) is 0 Å². The van der Waals surface area contributed by atoms with Crippen LogP contribution >= 0.6 is 0 Å². The number of hydrogen-bond donors (Lipinski definition) is 1. The Balaban J connectivity index is 2.95. The van der Waals surface area contributed by atoms with E-state index in [-0.39, 0.29) is 4.90 Å². The van der Waals surface area contributed by atoms with Gasteiger partial charge in [-0.15, -0.1) is 0 Å². The van der Waals surface area contributed by atoms with E-state index in [0.29, 0.717) is 18.7 Å². The summed E-state index contributed by atoms with van der Waals surface area (Å²) in [5.74, 6) is -2.04. The lowest BCUT2D eigenvalue weighted by Gasteiger charge is -2.19. The van der Waals surface area contributed by atoms with Gasteiger partial charge in [0.15, 0.2) is 0 Å². The van der Waals surface area contributed by atoms with E-state index in [1.165, 1.54) is 35.5 Å². The third-order valence-corrected chi connectivity index (χ3v) is 5.39. The highest BCUT2D eigenvalue weighted by molar-refractivity contribution is 7.89. The SMILES string of the molecule is CCN(CC)S(=O)(=O)c1ccc(C(C)NC(=O)C(F)(F)F)cc1. The zero-order valence-electron chi connectivity index (χ0n) is 13.0. The molecule has 1 amide bonds. The van der Waals surface area contributed by atoms with Crippen LogP contribution in [0.5, 0.6) is 0 Å². The average Bonchev–Trinajstić information content (AvgIpc) is 2.47. The van der Waals surface area contributed by atoms with Crippen LogP contribution in [0.3, 0.4) is 0 Å². The van der Waals surface area contributed by atoms with E-state index in [2.05, 4.69) is 0 Å². The van der Waals surface area contributed by atoms with E-state index in [1.54, 1.807) is 13.8 Å². The molecule has 0 aliphatic heterocycles. The zero-order valence-corrected chi connectivity index (χ0v) is 13.8. The number of rotatable bonds is 6. The number of sulfonamides is 1. The molecule has 5 nitrogen and oxygen atoms in total. The summed E-state index contributed by atoms with van der Waals surface area (Å²) in [7, 11) is -3.62. The van der Waals surface area contributed by atoms with Crippen molar-refractivity contribution in [1.82, 2.24) is 9.62 Å². The quantitative estimate of drug-likeness (QED) is 0.855. The van der Waals surface area contributed by atoms with Crippen molar-refractivity contribution in [3.05, 3.63) is 29.8 Å². The van der Waals surface area contributed by atoms with Gasteiger partial charge in [0.1, 0.15) is 0 Å². The van der Waals surface area contributed by atoms with E-state index in [0.717, 1.165) is 0 Å². The Morgan fingerprint density at radius 3 is 2.04 bits per heavy atom. The minimum absolute atomic E-state index is 0.0549. The van der Waals surface area contributed by atoms with Crippen LogP contribution in [-0.2, 0) is 14.8 Å². The third-order valence-electron chi connectivity index (χ3n) is 3.33. The van der Waals surface area contributed by atoms with Crippen molar-refractivity contribution in [2.45, 2.75) is 37.9 Å². The van der Waals surface area contributed by atoms with Gasteiger partial charge in [-0.2, -0.15) is 17.5 Å². The molecule has 0 fully saturated rings. The molecule has 1 rings (SSSR count). The van der Waals surface area contributed by atoms with Crippen molar-refractivity contribution in [1.29, 1.82) is 0 Å². The maximum Gasteiger partial charge on any atom is 0.471 e. The van der Waals surface area contributed by atoms with Crippen molar-refractivity contribution in [3.8, 4) is 0 Å². The van der Waals surface area contributed by atoms with Crippen molar-refractivity contribution in [2.24, 2.45) is 0 Å². The van der Waals surface area contributed by atoms with E-state index in [1.807, 2.05) is 5.32 Å². The number of nitrogens with one attached hydrogen (secondary N) is 1. The number of carbonyl (C=O) groups excluding carboxylic acids is 1. The number of amides is 1. The first-order chi connectivity index (χ1) is 10.5.